The second-order valence-corrected chi connectivity index (χ2v) is 4.01. The van der Waals surface area contributed by atoms with Gasteiger partial charge in [0.25, 0.3) is 5.56 Å². The number of aromatic amines is 1. The van der Waals surface area contributed by atoms with E-state index in [0.29, 0.717) is 21.9 Å². The molecule has 0 spiro atoms. The first-order chi connectivity index (χ1) is 8.08. The van der Waals surface area contributed by atoms with Crippen LogP contribution in [0.4, 0.5) is 0 Å². The van der Waals surface area contributed by atoms with Crippen LogP contribution >= 0.6 is 11.6 Å². The molecule has 1 aromatic carbocycles. The van der Waals surface area contributed by atoms with Crippen molar-refractivity contribution in [2.24, 2.45) is 0 Å². The van der Waals surface area contributed by atoms with Crippen LogP contribution in [0.2, 0.25) is 5.02 Å². The molecular formula is C12H9ClN2O2. The third kappa shape index (κ3) is 1.75. The number of hydrogen-bond acceptors (Lipinski definition) is 3. The highest BCUT2D eigenvalue weighted by molar-refractivity contribution is 6.32. The zero-order valence-electron chi connectivity index (χ0n) is 9.30. The Morgan fingerprint density at radius 3 is 2.76 bits per heavy atom. The summed E-state index contributed by atoms with van der Waals surface area (Å²) in [7, 11) is 1.51. The molecule has 0 fully saturated rings. The summed E-state index contributed by atoms with van der Waals surface area (Å²) in [6.07, 6.45) is 0. The van der Waals surface area contributed by atoms with Crippen molar-refractivity contribution in [1.29, 1.82) is 5.26 Å². The van der Waals surface area contributed by atoms with Gasteiger partial charge in [-0.15, -0.1) is 0 Å². The van der Waals surface area contributed by atoms with Crippen LogP contribution in [0.5, 0.6) is 5.75 Å². The van der Waals surface area contributed by atoms with E-state index in [9.17, 15) is 4.79 Å². The van der Waals surface area contributed by atoms with E-state index in [2.05, 4.69) is 4.98 Å². The second kappa shape index (κ2) is 4.11. The molecule has 0 bridgehead atoms. The molecule has 2 aromatic rings. The first-order valence-corrected chi connectivity index (χ1v) is 5.26. The highest BCUT2D eigenvalue weighted by Crippen LogP contribution is 2.30. The maximum atomic E-state index is 11.6. The third-order valence-corrected chi connectivity index (χ3v) is 2.95. The van der Waals surface area contributed by atoms with Crippen molar-refractivity contribution in [2.45, 2.75) is 6.92 Å². The molecule has 0 aliphatic carbocycles. The average Bonchev–Trinajstić information content (AvgIpc) is 2.29. The summed E-state index contributed by atoms with van der Waals surface area (Å²) in [6.45, 7) is 1.73. The zero-order valence-corrected chi connectivity index (χ0v) is 10.1. The average molecular weight is 249 g/mol. The third-order valence-electron chi connectivity index (χ3n) is 2.66. The normalized spacial score (nSPS) is 10.2. The molecule has 86 valence electrons. The minimum absolute atomic E-state index is 0.113. The monoisotopic (exact) mass is 248 g/mol. The van der Waals surface area contributed by atoms with Gasteiger partial charge in [0, 0.05) is 5.39 Å². The number of halogens is 1. The lowest BCUT2D eigenvalue weighted by Gasteiger charge is -2.08. The molecule has 0 atom stereocenters. The van der Waals surface area contributed by atoms with Crippen LogP contribution in [0.1, 0.15) is 11.1 Å². The number of benzene rings is 1. The van der Waals surface area contributed by atoms with Crippen LogP contribution in [0.15, 0.2) is 16.9 Å². The summed E-state index contributed by atoms with van der Waals surface area (Å²) in [6, 6.07) is 5.22. The molecule has 2 rings (SSSR count). The molecule has 0 aliphatic heterocycles. The van der Waals surface area contributed by atoms with Crippen molar-refractivity contribution in [3.8, 4) is 11.8 Å². The summed E-state index contributed by atoms with van der Waals surface area (Å²) in [5, 5.41) is 10.1. The molecule has 17 heavy (non-hydrogen) atoms. The number of H-pyrrole nitrogens is 1. The molecule has 0 unspecified atom stereocenters. The van der Waals surface area contributed by atoms with Crippen LogP contribution in [-0.4, -0.2) is 12.1 Å². The van der Waals surface area contributed by atoms with Crippen LogP contribution in [0, 0.1) is 18.3 Å². The summed E-state index contributed by atoms with van der Waals surface area (Å²) in [5.41, 5.74) is 0.930. The van der Waals surface area contributed by atoms with Gasteiger partial charge in [-0.2, -0.15) is 5.26 Å². The lowest BCUT2D eigenvalue weighted by atomic mass is 10.1. The molecule has 0 amide bonds. The van der Waals surface area contributed by atoms with Gasteiger partial charge in [-0.3, -0.25) is 4.79 Å². The number of rotatable bonds is 1. The summed E-state index contributed by atoms with van der Waals surface area (Å²) < 4.78 is 5.10. The van der Waals surface area contributed by atoms with E-state index >= 15 is 0 Å². The van der Waals surface area contributed by atoms with E-state index in [4.69, 9.17) is 21.6 Å². The molecule has 0 saturated carbocycles. The Balaban J connectivity index is 2.95. The smallest absolute Gasteiger partial charge is 0.266 e. The Labute approximate surface area is 102 Å². The molecule has 1 heterocycles. The van der Waals surface area contributed by atoms with Crippen molar-refractivity contribution in [3.05, 3.63) is 38.6 Å². The predicted octanol–water partition coefficient (Wildman–Crippen LogP) is 2.37. The van der Waals surface area contributed by atoms with Gasteiger partial charge in [0.2, 0.25) is 0 Å². The van der Waals surface area contributed by atoms with Gasteiger partial charge in [0.1, 0.15) is 17.4 Å². The van der Waals surface area contributed by atoms with Crippen molar-refractivity contribution in [3.63, 3.8) is 0 Å². The fraction of sp³-hybridized carbons (Fsp3) is 0.167. The van der Waals surface area contributed by atoms with E-state index in [-0.39, 0.29) is 5.56 Å². The van der Waals surface area contributed by atoms with Crippen molar-refractivity contribution >= 4 is 22.5 Å². The molecule has 5 heteroatoms. The highest BCUT2D eigenvalue weighted by Gasteiger charge is 2.11. The lowest BCUT2D eigenvalue weighted by Crippen LogP contribution is -2.12. The second-order valence-electron chi connectivity index (χ2n) is 3.60. The Kier molecular flexibility index (Phi) is 2.78. The van der Waals surface area contributed by atoms with Crippen molar-refractivity contribution in [1.82, 2.24) is 4.98 Å². The summed E-state index contributed by atoms with van der Waals surface area (Å²) in [4.78, 5) is 14.2. The fourth-order valence-electron chi connectivity index (χ4n) is 1.75. The van der Waals surface area contributed by atoms with E-state index < -0.39 is 5.56 Å². The maximum Gasteiger partial charge on any atom is 0.266 e. The predicted molar refractivity (Wildman–Crippen MR) is 65.6 cm³/mol. The van der Waals surface area contributed by atoms with Crippen LogP contribution in [0.3, 0.4) is 0 Å². The number of methoxy groups -OCH3 is 1. The fourth-order valence-corrected chi connectivity index (χ4v) is 1.99. The van der Waals surface area contributed by atoms with Gasteiger partial charge in [0.05, 0.1) is 17.6 Å². The Morgan fingerprint density at radius 2 is 2.18 bits per heavy atom. The number of hydrogen-bond donors (Lipinski definition) is 1. The molecule has 0 radical (unpaired) electrons. The Bertz CT molecular complexity index is 698. The first kappa shape index (κ1) is 11.5. The standard InChI is InChI=1S/C12H9ClN2O2/c1-6-7-3-11(17-2)9(13)4-10(7)15-12(16)8(6)5-14/h3-4H,1-2H3,(H,15,16). The van der Waals surface area contributed by atoms with Crippen molar-refractivity contribution < 1.29 is 4.74 Å². The number of aryl methyl sites for hydroxylation is 1. The minimum atomic E-state index is -0.404. The summed E-state index contributed by atoms with van der Waals surface area (Å²) >= 11 is 5.97. The van der Waals surface area contributed by atoms with Gasteiger partial charge >= 0.3 is 0 Å². The van der Waals surface area contributed by atoms with E-state index in [0.717, 1.165) is 5.39 Å². The number of ether oxygens (including phenoxy) is 1. The minimum Gasteiger partial charge on any atom is -0.495 e. The maximum absolute atomic E-state index is 11.6. The molecule has 1 N–H and O–H groups in total. The highest BCUT2D eigenvalue weighted by atomic mass is 35.5. The van der Waals surface area contributed by atoms with E-state index in [1.807, 2.05) is 6.07 Å². The SMILES string of the molecule is COc1cc2c(C)c(C#N)c(=O)[nH]c2cc1Cl. The van der Waals surface area contributed by atoms with Gasteiger partial charge in [-0.05, 0) is 24.6 Å². The quantitative estimate of drug-likeness (QED) is 0.843. The molecule has 4 nitrogen and oxygen atoms in total. The largest absolute Gasteiger partial charge is 0.495 e. The zero-order chi connectivity index (χ0) is 12.6. The van der Waals surface area contributed by atoms with E-state index in [1.165, 1.54) is 7.11 Å². The van der Waals surface area contributed by atoms with Crippen LogP contribution in [-0.2, 0) is 0 Å². The molecule has 0 saturated heterocycles. The van der Waals surface area contributed by atoms with Crippen molar-refractivity contribution in [2.75, 3.05) is 7.11 Å². The van der Waals surface area contributed by atoms with Gasteiger partial charge in [0.15, 0.2) is 0 Å². The van der Waals surface area contributed by atoms with Gasteiger partial charge in [-0.1, -0.05) is 11.6 Å². The molecule has 1 aromatic heterocycles. The summed E-state index contributed by atoms with van der Waals surface area (Å²) in [5.74, 6) is 0.512. The molecular weight excluding hydrogens is 240 g/mol. The number of nitriles is 1. The first-order valence-electron chi connectivity index (χ1n) is 4.88. The topological polar surface area (TPSA) is 65.9 Å². The van der Waals surface area contributed by atoms with E-state index in [1.54, 1.807) is 19.1 Å². The van der Waals surface area contributed by atoms with Gasteiger partial charge < -0.3 is 9.72 Å². The lowest BCUT2D eigenvalue weighted by molar-refractivity contribution is 0.415. The Hall–Kier alpha value is -1.99. The number of aromatic nitrogens is 1. The Morgan fingerprint density at radius 1 is 1.47 bits per heavy atom. The van der Waals surface area contributed by atoms with Crippen LogP contribution in [0.25, 0.3) is 10.9 Å². The number of nitrogens with zero attached hydrogens (tertiary/aromatic N) is 1. The number of pyridine rings is 1. The van der Waals surface area contributed by atoms with Crippen LogP contribution < -0.4 is 10.3 Å². The molecule has 0 aliphatic rings. The number of fused-ring (bicyclic) bond motifs is 1. The number of nitrogens with one attached hydrogen (secondary N) is 1. The van der Waals surface area contributed by atoms with Gasteiger partial charge in [-0.25, -0.2) is 0 Å².